The molecule has 54 heavy (non-hydrogen) atoms. The van der Waals surface area contributed by atoms with Crippen LogP contribution in [0.2, 0.25) is 0 Å². The predicted octanol–water partition coefficient (Wildman–Crippen LogP) is 7.98. The van der Waals surface area contributed by atoms with Gasteiger partial charge in [-0.3, -0.25) is 9.69 Å². The fourth-order valence-corrected chi connectivity index (χ4v) is 9.49. The van der Waals surface area contributed by atoms with Crippen molar-refractivity contribution in [2.24, 2.45) is 0 Å². The number of nitrogens with zero attached hydrogens (tertiary/aromatic N) is 4. The number of likely N-dealkylation sites (tertiary alicyclic amines) is 2. The minimum absolute atomic E-state index is 0.111. The molecule has 5 aliphatic rings. The number of rotatable bonds is 6. The Morgan fingerprint density at radius 1 is 0.815 bits per heavy atom. The van der Waals surface area contributed by atoms with E-state index < -0.39 is 29.1 Å². The van der Waals surface area contributed by atoms with E-state index in [4.69, 9.17) is 13.9 Å². The molecular formula is C42H43F3N4O5. The third-order valence-electron chi connectivity index (χ3n) is 12.8. The van der Waals surface area contributed by atoms with Gasteiger partial charge < -0.3 is 18.8 Å². The molecule has 0 N–H and O–H groups in total. The van der Waals surface area contributed by atoms with Crippen LogP contribution in [0, 0.1) is 5.82 Å². The average Bonchev–Trinajstić information content (AvgIpc) is 3.80. The number of fused-ring (bicyclic) bond motifs is 3. The first-order valence-electron chi connectivity index (χ1n) is 19.2. The van der Waals surface area contributed by atoms with Crippen LogP contribution in [-0.2, 0) is 19.7 Å². The van der Waals surface area contributed by atoms with Crippen molar-refractivity contribution >= 4 is 12.0 Å². The molecular weight excluding hydrogens is 697 g/mol. The number of piperidine rings is 2. The Morgan fingerprint density at radius 3 is 2.09 bits per heavy atom. The van der Waals surface area contributed by atoms with Crippen LogP contribution in [0.5, 0.6) is 0 Å². The van der Waals surface area contributed by atoms with E-state index in [-0.39, 0.29) is 62.4 Å². The molecule has 3 aromatic carbocycles. The molecule has 282 valence electrons. The molecule has 3 saturated heterocycles. The molecule has 1 spiro atoms. The van der Waals surface area contributed by atoms with Gasteiger partial charge in [-0.15, -0.1) is 10.2 Å². The standard InChI is InChI=1S/C42H43F3N4O5/c43-29-11-9-28(10-12-29)41(38-47-46-36(54-38)27-13-17-42(44,45)18-14-27)19-22-48(23-20-41)37(50)35-15-16-40(21-24-53-40)26-49(35)39(51)52-25-34-32-7-3-1-5-30(32)31-6-2-4-8-33(31)34/h1-12,27,34-35H,13-26H2/t35-,40+/m0/s1. The van der Waals surface area contributed by atoms with Crippen LogP contribution < -0.4 is 0 Å². The van der Waals surface area contributed by atoms with Gasteiger partial charge in [0.15, 0.2) is 0 Å². The second-order valence-electron chi connectivity index (χ2n) is 15.8. The van der Waals surface area contributed by atoms with Crippen molar-refractivity contribution in [3.05, 3.63) is 107 Å². The third-order valence-corrected chi connectivity index (χ3v) is 12.8. The summed E-state index contributed by atoms with van der Waals surface area (Å²) in [5, 5.41) is 8.77. The number of carbonyl (C=O) groups is 2. The number of hydrogen-bond donors (Lipinski definition) is 0. The summed E-state index contributed by atoms with van der Waals surface area (Å²) < 4.78 is 60.3. The molecule has 0 radical (unpaired) electrons. The van der Waals surface area contributed by atoms with E-state index in [1.807, 2.05) is 24.3 Å². The monoisotopic (exact) mass is 740 g/mol. The highest BCUT2D eigenvalue weighted by Crippen LogP contribution is 2.47. The Bertz CT molecular complexity index is 1990. The van der Waals surface area contributed by atoms with Crippen LogP contribution >= 0.6 is 0 Å². The molecule has 0 bridgehead atoms. The molecule has 12 heteroatoms. The number of hydrogen-bond acceptors (Lipinski definition) is 7. The van der Waals surface area contributed by atoms with Gasteiger partial charge in [-0.05, 0) is 78.5 Å². The van der Waals surface area contributed by atoms with E-state index in [2.05, 4.69) is 34.5 Å². The maximum Gasteiger partial charge on any atom is 0.410 e. The van der Waals surface area contributed by atoms with Gasteiger partial charge in [0.2, 0.25) is 23.6 Å². The van der Waals surface area contributed by atoms with Gasteiger partial charge in [0, 0.05) is 44.2 Å². The summed E-state index contributed by atoms with van der Waals surface area (Å²) in [5.41, 5.74) is 4.01. The first-order chi connectivity index (χ1) is 26.1. The number of halogens is 3. The van der Waals surface area contributed by atoms with E-state index in [0.29, 0.717) is 57.2 Å². The Labute approximate surface area is 311 Å². The van der Waals surface area contributed by atoms with Crippen molar-refractivity contribution in [1.82, 2.24) is 20.0 Å². The van der Waals surface area contributed by atoms with Crippen LogP contribution in [0.3, 0.4) is 0 Å². The van der Waals surface area contributed by atoms with Gasteiger partial charge in [-0.25, -0.2) is 18.0 Å². The number of aromatic nitrogens is 2. The van der Waals surface area contributed by atoms with E-state index in [1.54, 1.807) is 21.9 Å². The van der Waals surface area contributed by atoms with Crippen molar-refractivity contribution in [3.63, 3.8) is 0 Å². The predicted molar refractivity (Wildman–Crippen MR) is 192 cm³/mol. The van der Waals surface area contributed by atoms with Gasteiger partial charge in [0.1, 0.15) is 18.5 Å². The van der Waals surface area contributed by atoms with E-state index in [9.17, 15) is 22.8 Å². The fourth-order valence-electron chi connectivity index (χ4n) is 9.49. The first-order valence-corrected chi connectivity index (χ1v) is 19.2. The molecule has 9 rings (SSSR count). The maximum atomic E-state index is 14.4. The van der Waals surface area contributed by atoms with Crippen molar-refractivity contribution in [3.8, 4) is 11.1 Å². The number of ether oxygens (including phenoxy) is 2. The Kier molecular flexibility index (Phi) is 8.78. The molecule has 4 fully saturated rings. The van der Waals surface area contributed by atoms with Crippen molar-refractivity contribution in [2.45, 2.75) is 92.6 Å². The summed E-state index contributed by atoms with van der Waals surface area (Å²) in [7, 11) is 0. The fraction of sp³-hybridized carbons (Fsp3) is 0.476. The number of benzene rings is 3. The normalized spacial score (nSPS) is 24.8. The van der Waals surface area contributed by atoms with Crippen LogP contribution in [0.15, 0.2) is 77.2 Å². The number of carbonyl (C=O) groups excluding carboxylic acids is 2. The maximum absolute atomic E-state index is 14.4. The van der Waals surface area contributed by atoms with Crippen molar-refractivity contribution < 1.29 is 36.7 Å². The second-order valence-corrected chi connectivity index (χ2v) is 15.8. The third kappa shape index (κ3) is 6.16. The number of alkyl halides is 2. The minimum atomic E-state index is -2.68. The van der Waals surface area contributed by atoms with Crippen LogP contribution in [0.1, 0.15) is 98.1 Å². The molecule has 9 nitrogen and oxygen atoms in total. The first kappa shape index (κ1) is 35.0. The summed E-state index contributed by atoms with van der Waals surface area (Å²) in [6, 6.07) is 21.8. The Hall–Kier alpha value is -4.71. The molecule has 3 aliphatic heterocycles. The van der Waals surface area contributed by atoms with Gasteiger partial charge >= 0.3 is 6.09 Å². The van der Waals surface area contributed by atoms with Gasteiger partial charge in [-0.2, -0.15) is 0 Å². The lowest BCUT2D eigenvalue weighted by molar-refractivity contribution is -0.184. The average molecular weight is 741 g/mol. The SMILES string of the molecule is O=C([C@@H]1CC[C@@]2(CCO2)CN1C(=O)OCC1c2ccccc2-c2ccccc21)N1CCC(c2ccc(F)cc2)(c2nnc(C3CCC(F)(F)CC3)o2)CC1. The second kappa shape index (κ2) is 13.5. The highest BCUT2D eigenvalue weighted by Gasteiger charge is 2.51. The minimum Gasteiger partial charge on any atom is -0.448 e. The van der Waals surface area contributed by atoms with E-state index >= 15 is 0 Å². The molecule has 0 unspecified atom stereocenters. The largest absolute Gasteiger partial charge is 0.448 e. The molecule has 2 atom stereocenters. The summed E-state index contributed by atoms with van der Waals surface area (Å²) in [4.78, 5) is 31.9. The lowest BCUT2D eigenvalue weighted by Gasteiger charge is -2.51. The summed E-state index contributed by atoms with van der Waals surface area (Å²) in [5.74, 6) is -2.90. The smallest absolute Gasteiger partial charge is 0.410 e. The Balaban J connectivity index is 0.927. The molecule has 2 aliphatic carbocycles. The van der Waals surface area contributed by atoms with Crippen molar-refractivity contribution in [2.75, 3.05) is 32.8 Å². The van der Waals surface area contributed by atoms with Crippen LogP contribution in [-0.4, -0.2) is 82.4 Å². The summed E-state index contributed by atoms with van der Waals surface area (Å²) in [6.07, 6.45) is 2.31. The quantitative estimate of drug-likeness (QED) is 0.198. The van der Waals surface area contributed by atoms with Gasteiger partial charge in [0.05, 0.1) is 24.2 Å². The van der Waals surface area contributed by atoms with E-state index in [0.717, 1.165) is 34.2 Å². The molecule has 2 amide bonds. The van der Waals surface area contributed by atoms with Gasteiger partial charge in [0.25, 0.3) is 0 Å². The summed E-state index contributed by atoms with van der Waals surface area (Å²) >= 11 is 0. The zero-order valence-corrected chi connectivity index (χ0v) is 30.0. The van der Waals surface area contributed by atoms with Gasteiger partial charge in [-0.1, -0.05) is 60.7 Å². The summed E-state index contributed by atoms with van der Waals surface area (Å²) in [6.45, 7) is 1.72. The highest BCUT2D eigenvalue weighted by atomic mass is 19.3. The topological polar surface area (TPSA) is 98.0 Å². The molecule has 4 aromatic rings. The van der Waals surface area contributed by atoms with Crippen LogP contribution in [0.4, 0.5) is 18.0 Å². The lowest BCUT2D eigenvalue weighted by atomic mass is 9.72. The van der Waals surface area contributed by atoms with Crippen molar-refractivity contribution in [1.29, 1.82) is 0 Å². The Morgan fingerprint density at radius 2 is 1.46 bits per heavy atom. The van der Waals surface area contributed by atoms with E-state index in [1.165, 1.54) is 12.1 Å². The molecule has 1 saturated carbocycles. The number of amides is 2. The van der Waals surface area contributed by atoms with Crippen LogP contribution in [0.25, 0.3) is 11.1 Å². The zero-order valence-electron chi connectivity index (χ0n) is 30.0. The molecule has 4 heterocycles. The molecule has 1 aromatic heterocycles. The zero-order chi connectivity index (χ0) is 37.1. The lowest BCUT2D eigenvalue weighted by Crippen LogP contribution is -2.64. The highest BCUT2D eigenvalue weighted by molar-refractivity contribution is 5.86.